The van der Waals surface area contributed by atoms with Gasteiger partial charge in [-0.2, -0.15) is 0 Å². The third-order valence-electron chi connectivity index (χ3n) is 25.2. The van der Waals surface area contributed by atoms with Crippen molar-refractivity contribution in [2.45, 2.75) is 211 Å². The van der Waals surface area contributed by atoms with Crippen molar-refractivity contribution in [2.24, 2.45) is 0 Å². The zero-order valence-electron chi connectivity index (χ0n) is 53.1. The summed E-state index contributed by atoms with van der Waals surface area (Å²) in [4.78, 5) is 0. The molecule has 8 aromatic carbocycles. The number of benzene rings is 8. The van der Waals surface area contributed by atoms with E-state index in [9.17, 15) is 0 Å². The molecule has 0 atom stereocenters. The summed E-state index contributed by atoms with van der Waals surface area (Å²) in [5.74, 6) is 0. The van der Waals surface area contributed by atoms with Gasteiger partial charge in [-0.25, -0.2) is 0 Å². The molecule has 2 nitrogen and oxygen atoms in total. The molecule has 18 rings (SSSR count). The van der Waals surface area contributed by atoms with Crippen LogP contribution in [-0.4, -0.2) is 15.8 Å². The molecule has 0 N–H and O–H groups in total. The number of nitrogens with zero attached hydrogens (tertiary/aromatic N) is 2. The van der Waals surface area contributed by atoms with Gasteiger partial charge >= 0.3 is 0 Å². The van der Waals surface area contributed by atoms with Gasteiger partial charge < -0.3 is 9.13 Å². The maximum Gasteiger partial charge on any atom is 0.252 e. The Morgan fingerprint density at radius 1 is 0.310 bits per heavy atom. The van der Waals surface area contributed by atoms with E-state index in [0.29, 0.717) is 0 Å². The Morgan fingerprint density at radius 2 is 0.726 bits per heavy atom. The topological polar surface area (TPSA) is 9.86 Å². The maximum atomic E-state index is 2.99. The van der Waals surface area contributed by atoms with E-state index < -0.39 is 5.41 Å². The predicted octanol–water partition coefficient (Wildman–Crippen LogP) is 18.8. The summed E-state index contributed by atoms with van der Waals surface area (Å²) >= 11 is 0. The Labute approximate surface area is 499 Å². The van der Waals surface area contributed by atoms with Crippen LogP contribution in [0.4, 0.5) is 0 Å². The molecule has 0 unspecified atom stereocenters. The quantitative estimate of drug-likeness (QED) is 0.145. The molecule has 5 heterocycles. The van der Waals surface area contributed by atoms with E-state index in [1.54, 1.807) is 60.7 Å². The molecule has 5 aliphatic carbocycles. The van der Waals surface area contributed by atoms with Gasteiger partial charge in [0.05, 0.1) is 22.1 Å². The summed E-state index contributed by atoms with van der Waals surface area (Å²) in [5.41, 5.74) is 36.3. The molecule has 1 spiro atoms. The van der Waals surface area contributed by atoms with Gasteiger partial charge in [0.15, 0.2) is 0 Å². The largest absolute Gasteiger partial charge is 0.310 e. The van der Waals surface area contributed by atoms with Crippen LogP contribution in [0.3, 0.4) is 0 Å². The summed E-state index contributed by atoms with van der Waals surface area (Å²) in [6.45, 7) is 41.5. The van der Waals surface area contributed by atoms with Gasteiger partial charge in [-0.15, -0.1) is 0 Å². The molecule has 3 aliphatic heterocycles. The first-order valence-corrected chi connectivity index (χ1v) is 32.6. The molecule has 0 bridgehead atoms. The van der Waals surface area contributed by atoms with E-state index >= 15 is 0 Å². The summed E-state index contributed by atoms with van der Waals surface area (Å²) in [6, 6.07) is 47.6. The van der Waals surface area contributed by atoms with Crippen LogP contribution in [0.2, 0.25) is 0 Å². The second kappa shape index (κ2) is 15.0. The first-order valence-electron chi connectivity index (χ1n) is 32.6. The summed E-state index contributed by atoms with van der Waals surface area (Å²) < 4.78 is 5.92. The molecule has 8 aliphatic rings. The Balaban J connectivity index is 1.18. The summed E-state index contributed by atoms with van der Waals surface area (Å²) in [5, 5.41) is 6.22. The van der Waals surface area contributed by atoms with Crippen molar-refractivity contribution in [1.82, 2.24) is 9.13 Å². The minimum atomic E-state index is -0.613. The first-order chi connectivity index (χ1) is 39.7. The smallest absolute Gasteiger partial charge is 0.252 e. The number of hydrogen-bond donors (Lipinski definition) is 0. The van der Waals surface area contributed by atoms with Gasteiger partial charge in [-0.3, -0.25) is 0 Å². The van der Waals surface area contributed by atoms with Crippen molar-refractivity contribution in [1.29, 1.82) is 0 Å². The Kier molecular flexibility index (Phi) is 9.04. The van der Waals surface area contributed by atoms with E-state index in [1.165, 1.54) is 138 Å². The van der Waals surface area contributed by atoms with Crippen molar-refractivity contribution in [2.75, 3.05) is 0 Å². The molecule has 3 heteroatoms. The molecule has 2 aromatic heterocycles. The van der Waals surface area contributed by atoms with Gasteiger partial charge in [-0.1, -0.05) is 214 Å². The van der Waals surface area contributed by atoms with E-state index in [1.807, 2.05) is 0 Å². The molecule has 0 saturated carbocycles. The highest BCUT2D eigenvalue weighted by Gasteiger charge is 2.58. The normalized spacial score (nSPS) is 22.0. The SMILES string of the molecule is CC1(C)CCC(C)(C)c2c1ccc1c2c2c3c(cc4c2n1-c1c(-c2ccccc2)cc2c5c1B4c1cc4c(c6c7c8c(cc(c7n-5c16)C21c2ccccc2-c2ccccc21)C(C)(C)CCC8(C)C)C(C)(C)CCC4(C)C)C(C)(C)CCC3(C)C. The molecular weight excluding hydrogens is 1010 g/mol. The van der Waals surface area contributed by atoms with Crippen molar-refractivity contribution in [3.05, 3.63) is 182 Å². The van der Waals surface area contributed by atoms with Gasteiger partial charge in [-0.05, 0) is 207 Å². The molecule has 0 saturated heterocycles. The lowest BCUT2D eigenvalue weighted by Crippen LogP contribution is -2.61. The van der Waals surface area contributed by atoms with Crippen LogP contribution in [0, 0.1) is 0 Å². The van der Waals surface area contributed by atoms with Crippen LogP contribution in [0.25, 0.3) is 77.2 Å². The highest BCUT2D eigenvalue weighted by molar-refractivity contribution is 7.00. The first kappa shape index (κ1) is 50.7. The van der Waals surface area contributed by atoms with Crippen LogP contribution < -0.4 is 16.4 Å². The minimum Gasteiger partial charge on any atom is -0.310 e. The molecule has 0 amide bonds. The minimum absolute atomic E-state index is 0.0170. The maximum absolute atomic E-state index is 2.99. The molecule has 0 radical (unpaired) electrons. The molecule has 0 fully saturated rings. The van der Waals surface area contributed by atoms with Gasteiger partial charge in [0, 0.05) is 43.8 Å². The monoisotopic (exact) mass is 1090 g/mol. The zero-order valence-corrected chi connectivity index (χ0v) is 53.1. The van der Waals surface area contributed by atoms with E-state index in [2.05, 4.69) is 235 Å². The van der Waals surface area contributed by atoms with E-state index in [-0.39, 0.29) is 50.0 Å². The summed E-state index contributed by atoms with van der Waals surface area (Å²) in [7, 11) is 0. The van der Waals surface area contributed by atoms with Crippen molar-refractivity contribution in [3.8, 4) is 33.6 Å². The van der Waals surface area contributed by atoms with E-state index in [4.69, 9.17) is 0 Å². The average molecular weight is 1100 g/mol. The second-order valence-electron chi connectivity index (χ2n) is 33.6. The number of aromatic nitrogens is 2. The Hall–Kier alpha value is -6.58. The fraction of sp³-hybridized carbons (Fsp3) is 0.407. The van der Waals surface area contributed by atoms with Gasteiger partial charge in [0.2, 0.25) is 0 Å². The van der Waals surface area contributed by atoms with Crippen molar-refractivity contribution in [3.63, 3.8) is 0 Å². The van der Waals surface area contributed by atoms with Crippen LogP contribution in [0.5, 0.6) is 0 Å². The predicted molar refractivity (Wildman–Crippen MR) is 357 cm³/mol. The number of rotatable bonds is 1. The van der Waals surface area contributed by atoms with E-state index in [0.717, 1.165) is 12.8 Å². The fourth-order valence-electron chi connectivity index (χ4n) is 20.5. The fourth-order valence-corrected chi connectivity index (χ4v) is 20.5. The van der Waals surface area contributed by atoms with Crippen molar-refractivity contribution >= 4 is 66.7 Å². The second-order valence-corrected chi connectivity index (χ2v) is 33.6. The Bertz CT molecular complexity index is 4730. The standard InChI is InChI=1S/C81H83BN2/c1-73(2)32-36-77(9,10)63-50(73)30-31-58-59(63)60-65-52(75(5,6)34-38-79(65,13)14)42-56-71(60)83(58)68-47(44-24-18-17-19-25-44)40-54-70-67(68)82(56)57-43-53-66(80(15,16)39-35-76(53,7)8)62-61-64-51(74(3,4)33-37-78(64,11)12)41-55(69(61)84(70)72(57)62)81(54)48-28-22-20-26-45(48)46-27-21-23-29-49(46)81/h17-31,40-43H,32-39H2,1-16H3. The average Bonchev–Trinajstić information content (AvgIpc) is 1.41. The number of hydrogen-bond acceptors (Lipinski definition) is 0. The third kappa shape index (κ3) is 5.63. The molecular formula is C81H83BN2. The lowest BCUT2D eigenvalue weighted by Gasteiger charge is -2.48. The van der Waals surface area contributed by atoms with Gasteiger partial charge in [0.1, 0.15) is 0 Å². The lowest BCUT2D eigenvalue weighted by atomic mass is 9.33. The highest BCUT2D eigenvalue weighted by atomic mass is 15.1. The molecule has 84 heavy (non-hydrogen) atoms. The van der Waals surface area contributed by atoms with Gasteiger partial charge in [0.25, 0.3) is 6.71 Å². The molecule has 420 valence electrons. The molecule has 10 aromatic rings. The van der Waals surface area contributed by atoms with Crippen LogP contribution >= 0.6 is 0 Å². The van der Waals surface area contributed by atoms with Crippen LogP contribution in [-0.2, 0) is 48.7 Å². The summed E-state index contributed by atoms with van der Waals surface area (Å²) in [6.07, 6.45) is 9.36. The Morgan fingerprint density at radius 3 is 1.25 bits per heavy atom. The van der Waals surface area contributed by atoms with Crippen LogP contribution in [0.15, 0.2) is 115 Å². The van der Waals surface area contributed by atoms with Crippen molar-refractivity contribution < 1.29 is 0 Å². The highest BCUT2D eigenvalue weighted by Crippen LogP contribution is 2.67. The third-order valence-corrected chi connectivity index (χ3v) is 25.2. The number of fused-ring (bicyclic) bond motifs is 22. The van der Waals surface area contributed by atoms with Crippen LogP contribution in [0.1, 0.15) is 229 Å². The zero-order chi connectivity index (χ0) is 58.1. The lowest BCUT2D eigenvalue weighted by molar-refractivity contribution is 0.333.